The van der Waals surface area contributed by atoms with Gasteiger partial charge in [0.1, 0.15) is 0 Å². The van der Waals surface area contributed by atoms with Crippen LogP contribution >= 0.6 is 0 Å². The predicted molar refractivity (Wildman–Crippen MR) is 66.9 cm³/mol. The van der Waals surface area contributed by atoms with Crippen LogP contribution in [0.1, 0.15) is 23.6 Å². The summed E-state index contributed by atoms with van der Waals surface area (Å²) in [5.74, 6) is -1.68. The molecule has 0 aliphatic rings. The number of carbonyl (C=O) groups excluding carboxylic acids is 2. The number of hydrogen-bond donors (Lipinski definition) is 1. The predicted octanol–water partition coefficient (Wildman–Crippen LogP) is 0.351. The molecule has 0 saturated carbocycles. The summed E-state index contributed by atoms with van der Waals surface area (Å²) in [5.41, 5.74) is -0.374. The molecule has 0 atom stereocenters. The molecule has 0 unspecified atom stereocenters. The van der Waals surface area contributed by atoms with E-state index < -0.39 is 27.0 Å². The average Bonchev–Trinajstić information content (AvgIpc) is 2.35. The van der Waals surface area contributed by atoms with Crippen molar-refractivity contribution < 1.29 is 34.9 Å². The molecule has 0 amide bonds. The van der Waals surface area contributed by atoms with E-state index in [0.29, 0.717) is 0 Å². The molecule has 0 aliphatic heterocycles. The van der Waals surface area contributed by atoms with Crippen LogP contribution in [-0.4, -0.2) is 62.2 Å². The molecule has 0 radical (unpaired) electrons. The number of benzene rings is 1. The fourth-order valence-corrected chi connectivity index (χ4v) is 1.77. The van der Waals surface area contributed by atoms with Crippen molar-refractivity contribution in [1.82, 2.24) is 0 Å². The minimum atomic E-state index is -4.55. The van der Waals surface area contributed by atoms with Crippen molar-refractivity contribution in [2.75, 3.05) is 14.2 Å². The van der Waals surface area contributed by atoms with E-state index in [9.17, 15) is 18.0 Å². The van der Waals surface area contributed by atoms with Crippen LogP contribution in [0.3, 0.4) is 0 Å². The van der Waals surface area contributed by atoms with Crippen LogP contribution in [0.25, 0.3) is 0 Å². The minimum absolute atomic E-state index is 0. The van der Waals surface area contributed by atoms with Gasteiger partial charge in [0, 0.05) is 0 Å². The largest absolute Gasteiger partial charge is 2.00 e. The Morgan fingerprint density at radius 1 is 1.05 bits per heavy atom. The van der Waals surface area contributed by atoms with Gasteiger partial charge in [-0.3, -0.25) is 4.55 Å². The van der Waals surface area contributed by atoms with Gasteiger partial charge in [0.15, 0.2) is 0 Å². The van der Waals surface area contributed by atoms with Gasteiger partial charge in [0.25, 0.3) is 10.1 Å². The van der Waals surface area contributed by atoms with Crippen molar-refractivity contribution in [2.45, 2.75) is 4.90 Å². The Morgan fingerprint density at radius 2 is 1.42 bits per heavy atom. The molecule has 1 N–H and O–H groups in total. The van der Waals surface area contributed by atoms with Crippen molar-refractivity contribution >= 4 is 45.1 Å². The standard InChI is InChI=1S/C10H10O7S.Mg.2H/c1-16-9(11)6-3-7(10(12)17-2)5-8(4-6)18(13,14)15;;;/h3-5H,1-2H3,(H,13,14,15);;;/q;+2;2*-1. The smallest absolute Gasteiger partial charge is 1.00 e. The Balaban J connectivity index is -0.00000108. The molecule has 102 valence electrons. The molecule has 0 spiro atoms. The molecule has 0 saturated heterocycles. The Hall–Kier alpha value is -1.16. The zero-order valence-electron chi connectivity index (χ0n) is 12.2. The summed E-state index contributed by atoms with van der Waals surface area (Å²) in [6.07, 6.45) is 0. The summed E-state index contributed by atoms with van der Waals surface area (Å²) in [4.78, 5) is 22.0. The molecule has 1 aromatic carbocycles. The van der Waals surface area contributed by atoms with Crippen LogP contribution in [0.4, 0.5) is 0 Å². The molecule has 0 bridgehead atoms. The van der Waals surface area contributed by atoms with Gasteiger partial charge >= 0.3 is 35.0 Å². The van der Waals surface area contributed by atoms with Gasteiger partial charge in [-0.25, -0.2) is 9.59 Å². The van der Waals surface area contributed by atoms with Crippen molar-refractivity contribution in [2.24, 2.45) is 0 Å². The van der Waals surface area contributed by atoms with Crippen LogP contribution in [-0.2, 0) is 19.6 Å². The van der Waals surface area contributed by atoms with Gasteiger partial charge < -0.3 is 12.3 Å². The van der Waals surface area contributed by atoms with Gasteiger partial charge in [-0.05, 0) is 18.2 Å². The van der Waals surface area contributed by atoms with E-state index >= 15 is 0 Å². The molecular weight excluding hydrogens is 288 g/mol. The molecule has 1 rings (SSSR count). The van der Waals surface area contributed by atoms with E-state index in [2.05, 4.69) is 9.47 Å². The van der Waals surface area contributed by atoms with Gasteiger partial charge in [-0.1, -0.05) is 0 Å². The Bertz CT molecular complexity index is 569. The Kier molecular flexibility index (Phi) is 6.43. The quantitative estimate of drug-likeness (QED) is 0.487. The van der Waals surface area contributed by atoms with Crippen molar-refractivity contribution in [3.8, 4) is 0 Å². The second-order valence-corrected chi connectivity index (χ2v) is 4.63. The number of ether oxygens (including phenoxy) is 2. The second kappa shape index (κ2) is 6.85. The van der Waals surface area contributed by atoms with E-state index in [4.69, 9.17) is 4.55 Å². The number of esters is 2. The minimum Gasteiger partial charge on any atom is -1.00 e. The Morgan fingerprint density at radius 3 is 1.68 bits per heavy atom. The normalized spacial score (nSPS) is 10.3. The van der Waals surface area contributed by atoms with E-state index in [1.807, 2.05) is 0 Å². The zero-order valence-corrected chi connectivity index (χ0v) is 12.5. The van der Waals surface area contributed by atoms with Crippen molar-refractivity contribution in [3.05, 3.63) is 29.3 Å². The monoisotopic (exact) mass is 300 g/mol. The molecule has 0 heterocycles. The van der Waals surface area contributed by atoms with E-state index in [1.165, 1.54) is 0 Å². The summed E-state index contributed by atoms with van der Waals surface area (Å²) in [7, 11) is -2.35. The van der Waals surface area contributed by atoms with Crippen LogP contribution in [0.2, 0.25) is 0 Å². The number of carbonyl (C=O) groups is 2. The van der Waals surface area contributed by atoms with E-state index in [0.717, 1.165) is 32.4 Å². The summed E-state index contributed by atoms with van der Waals surface area (Å²) in [6.45, 7) is 0. The first-order valence-corrected chi connectivity index (χ1v) is 6.03. The first kappa shape index (κ1) is 17.8. The van der Waals surface area contributed by atoms with Gasteiger partial charge in [0.05, 0.1) is 30.2 Å². The zero-order chi connectivity index (χ0) is 13.9. The second-order valence-electron chi connectivity index (χ2n) is 3.20. The summed E-state index contributed by atoms with van der Waals surface area (Å²) in [5, 5.41) is 0. The SMILES string of the molecule is COC(=O)c1cc(C(=O)OC)cc(S(=O)(=O)O)c1.[H-].[H-].[Mg+2]. The maximum absolute atomic E-state index is 11.3. The third-order valence-corrected chi connectivity index (χ3v) is 2.88. The summed E-state index contributed by atoms with van der Waals surface area (Å²) >= 11 is 0. The first-order chi connectivity index (χ1) is 8.29. The average molecular weight is 301 g/mol. The van der Waals surface area contributed by atoms with E-state index in [1.54, 1.807) is 0 Å². The molecule has 19 heavy (non-hydrogen) atoms. The van der Waals surface area contributed by atoms with Gasteiger partial charge in [-0.15, -0.1) is 0 Å². The van der Waals surface area contributed by atoms with Crippen LogP contribution in [0, 0.1) is 0 Å². The Labute approximate surface area is 128 Å². The maximum atomic E-state index is 11.3. The molecule has 0 fully saturated rings. The van der Waals surface area contributed by atoms with Gasteiger partial charge in [-0.2, -0.15) is 8.42 Å². The van der Waals surface area contributed by atoms with Crippen LogP contribution in [0.15, 0.2) is 23.1 Å². The maximum Gasteiger partial charge on any atom is 2.00 e. The fourth-order valence-electron chi connectivity index (χ4n) is 1.22. The number of rotatable bonds is 3. The molecule has 0 aromatic heterocycles. The number of methoxy groups -OCH3 is 2. The third-order valence-electron chi connectivity index (χ3n) is 2.05. The van der Waals surface area contributed by atoms with E-state index in [-0.39, 0.29) is 37.0 Å². The summed E-state index contributed by atoms with van der Waals surface area (Å²) < 4.78 is 39.7. The topological polar surface area (TPSA) is 107 Å². The third kappa shape index (κ3) is 4.46. The molecular formula is C10H12MgO7S. The summed E-state index contributed by atoms with van der Waals surface area (Å²) in [6, 6.07) is 2.90. The molecule has 7 nitrogen and oxygen atoms in total. The van der Waals surface area contributed by atoms with Crippen LogP contribution < -0.4 is 0 Å². The number of hydrogen-bond acceptors (Lipinski definition) is 6. The first-order valence-electron chi connectivity index (χ1n) is 4.59. The van der Waals surface area contributed by atoms with Crippen molar-refractivity contribution in [3.63, 3.8) is 0 Å². The van der Waals surface area contributed by atoms with Gasteiger partial charge in [0.2, 0.25) is 0 Å². The fraction of sp³-hybridized carbons (Fsp3) is 0.200. The molecule has 0 aliphatic carbocycles. The van der Waals surface area contributed by atoms with Crippen molar-refractivity contribution in [1.29, 1.82) is 0 Å². The van der Waals surface area contributed by atoms with Crippen LogP contribution in [0.5, 0.6) is 0 Å². The molecule has 9 heteroatoms. The molecule has 1 aromatic rings.